The Labute approximate surface area is 140 Å². The van der Waals surface area contributed by atoms with Crippen molar-refractivity contribution in [1.29, 1.82) is 0 Å². The topological polar surface area (TPSA) is 63.7 Å². The van der Waals surface area contributed by atoms with Crippen LogP contribution in [0.4, 0.5) is 13.6 Å². The van der Waals surface area contributed by atoms with Crippen LogP contribution in [0.5, 0.6) is 0 Å². The average molecular weight is 361 g/mol. The van der Waals surface area contributed by atoms with E-state index < -0.39 is 38.4 Å². The largest absolute Gasteiger partial charge is 0.444 e. The predicted molar refractivity (Wildman–Crippen MR) is 84.4 cm³/mol. The number of piperidine rings is 1. The van der Waals surface area contributed by atoms with Gasteiger partial charge in [0.1, 0.15) is 5.60 Å². The van der Waals surface area contributed by atoms with Crippen LogP contribution in [0.25, 0.3) is 0 Å². The number of rotatable bonds is 2. The molecule has 0 spiro atoms. The van der Waals surface area contributed by atoms with Crippen LogP contribution in [-0.4, -0.2) is 43.4 Å². The summed E-state index contributed by atoms with van der Waals surface area (Å²) in [6.07, 6.45) is 0.265. The standard InChI is InChI=1S/C16H21F2NO4S/c1-16(2,3)23-15(20)19-8-4-5-12(10-19)24(21,22)11-6-7-13(17)14(18)9-11/h6-7,9,12H,4-5,8,10H2,1-3H3. The summed E-state index contributed by atoms with van der Waals surface area (Å²) in [7, 11) is -3.87. The number of hydrogen-bond acceptors (Lipinski definition) is 4. The Balaban J connectivity index is 2.18. The molecule has 134 valence electrons. The molecule has 0 aromatic heterocycles. The van der Waals surface area contributed by atoms with Gasteiger partial charge in [-0.15, -0.1) is 0 Å². The molecular formula is C16H21F2NO4S. The van der Waals surface area contributed by atoms with E-state index in [1.165, 1.54) is 4.90 Å². The minimum Gasteiger partial charge on any atom is -0.444 e. The maximum Gasteiger partial charge on any atom is 0.410 e. The van der Waals surface area contributed by atoms with Gasteiger partial charge in [0.15, 0.2) is 21.5 Å². The number of ether oxygens (including phenoxy) is 1. The third-order valence-electron chi connectivity index (χ3n) is 3.69. The molecule has 0 N–H and O–H groups in total. The van der Waals surface area contributed by atoms with Crippen molar-refractivity contribution in [2.75, 3.05) is 13.1 Å². The molecule has 8 heteroatoms. The number of amides is 1. The molecule has 1 aliphatic rings. The van der Waals surface area contributed by atoms with Crippen LogP contribution < -0.4 is 0 Å². The molecule has 2 rings (SSSR count). The Morgan fingerprint density at radius 2 is 1.92 bits per heavy atom. The quantitative estimate of drug-likeness (QED) is 0.759. The Morgan fingerprint density at radius 3 is 2.50 bits per heavy atom. The molecule has 5 nitrogen and oxygen atoms in total. The highest BCUT2D eigenvalue weighted by Gasteiger charge is 2.35. The van der Waals surface area contributed by atoms with Crippen LogP contribution in [0, 0.1) is 11.6 Å². The van der Waals surface area contributed by atoms with Crippen molar-refractivity contribution in [2.45, 2.75) is 49.4 Å². The van der Waals surface area contributed by atoms with Gasteiger partial charge in [-0.1, -0.05) is 0 Å². The second-order valence-corrected chi connectivity index (χ2v) is 9.04. The van der Waals surface area contributed by atoms with Gasteiger partial charge in [0.2, 0.25) is 0 Å². The first kappa shape index (κ1) is 18.6. The van der Waals surface area contributed by atoms with Gasteiger partial charge in [-0.25, -0.2) is 22.0 Å². The number of hydrogen-bond donors (Lipinski definition) is 0. The van der Waals surface area contributed by atoms with Gasteiger partial charge in [-0.05, 0) is 51.8 Å². The van der Waals surface area contributed by atoms with E-state index in [4.69, 9.17) is 4.74 Å². The highest BCUT2D eigenvalue weighted by molar-refractivity contribution is 7.92. The van der Waals surface area contributed by atoms with Crippen molar-refractivity contribution in [3.8, 4) is 0 Å². The summed E-state index contributed by atoms with van der Waals surface area (Å²) in [6, 6.07) is 2.51. The van der Waals surface area contributed by atoms with E-state index in [1.807, 2.05) is 0 Å². The maximum atomic E-state index is 13.3. The Kier molecular flexibility index (Phi) is 5.17. The van der Waals surface area contributed by atoms with Crippen LogP contribution in [0.15, 0.2) is 23.1 Å². The highest BCUT2D eigenvalue weighted by Crippen LogP contribution is 2.26. The van der Waals surface area contributed by atoms with Crippen molar-refractivity contribution in [1.82, 2.24) is 4.90 Å². The summed E-state index contributed by atoms with van der Waals surface area (Å²) in [5.41, 5.74) is -0.678. The van der Waals surface area contributed by atoms with E-state index in [9.17, 15) is 22.0 Å². The predicted octanol–water partition coefficient (Wildman–Crippen LogP) is 3.14. The molecule has 0 aliphatic carbocycles. The molecule has 0 bridgehead atoms. The number of halogens is 2. The van der Waals surface area contributed by atoms with Gasteiger partial charge < -0.3 is 9.64 Å². The number of likely N-dealkylation sites (tertiary alicyclic amines) is 1. The molecule has 1 aromatic rings. The number of sulfone groups is 1. The van der Waals surface area contributed by atoms with Crippen molar-refractivity contribution in [2.24, 2.45) is 0 Å². The Hall–Kier alpha value is -1.70. The lowest BCUT2D eigenvalue weighted by Gasteiger charge is -2.33. The maximum absolute atomic E-state index is 13.3. The lowest BCUT2D eigenvalue weighted by atomic mass is 10.1. The van der Waals surface area contributed by atoms with Gasteiger partial charge in [-0.3, -0.25) is 0 Å². The van der Waals surface area contributed by atoms with Gasteiger partial charge >= 0.3 is 6.09 Å². The molecule has 1 aliphatic heterocycles. The molecule has 1 amide bonds. The first-order valence-corrected chi connectivity index (χ1v) is 9.22. The van der Waals surface area contributed by atoms with E-state index in [0.717, 1.165) is 12.1 Å². The molecular weight excluding hydrogens is 340 g/mol. The Morgan fingerprint density at radius 1 is 1.25 bits per heavy atom. The first-order valence-electron chi connectivity index (χ1n) is 7.67. The minimum atomic E-state index is -3.87. The third-order valence-corrected chi connectivity index (χ3v) is 5.86. The molecule has 1 fully saturated rings. The zero-order chi connectivity index (χ0) is 18.1. The number of nitrogens with zero attached hydrogens (tertiary/aromatic N) is 1. The van der Waals surface area contributed by atoms with Crippen LogP contribution in [0.2, 0.25) is 0 Å². The molecule has 0 saturated carbocycles. The summed E-state index contributed by atoms with van der Waals surface area (Å²) in [5, 5.41) is -0.872. The van der Waals surface area contributed by atoms with E-state index in [-0.39, 0.29) is 11.4 Å². The number of carbonyl (C=O) groups excluding carboxylic acids is 1. The van der Waals surface area contributed by atoms with Crippen LogP contribution >= 0.6 is 0 Å². The fourth-order valence-electron chi connectivity index (χ4n) is 2.53. The zero-order valence-corrected chi connectivity index (χ0v) is 14.7. The molecule has 1 heterocycles. The normalized spacial score (nSPS) is 19.2. The summed E-state index contributed by atoms with van der Waals surface area (Å²) < 4.78 is 56.9. The highest BCUT2D eigenvalue weighted by atomic mass is 32.2. The molecule has 1 saturated heterocycles. The number of carbonyl (C=O) groups is 1. The fourth-order valence-corrected chi connectivity index (χ4v) is 4.29. The van der Waals surface area contributed by atoms with E-state index in [0.29, 0.717) is 25.5 Å². The average Bonchev–Trinajstić information content (AvgIpc) is 2.48. The summed E-state index contributed by atoms with van der Waals surface area (Å²) in [5.74, 6) is -2.32. The van der Waals surface area contributed by atoms with E-state index in [1.54, 1.807) is 20.8 Å². The SMILES string of the molecule is CC(C)(C)OC(=O)N1CCCC(S(=O)(=O)c2ccc(F)c(F)c2)C1. The zero-order valence-electron chi connectivity index (χ0n) is 13.9. The van der Waals surface area contributed by atoms with Crippen molar-refractivity contribution >= 4 is 15.9 Å². The molecule has 1 aromatic carbocycles. The fraction of sp³-hybridized carbons (Fsp3) is 0.562. The van der Waals surface area contributed by atoms with E-state index >= 15 is 0 Å². The lowest BCUT2D eigenvalue weighted by Crippen LogP contribution is -2.47. The molecule has 0 radical (unpaired) electrons. The first-order chi connectivity index (χ1) is 11.0. The monoisotopic (exact) mass is 361 g/mol. The molecule has 1 unspecified atom stereocenters. The van der Waals surface area contributed by atoms with E-state index in [2.05, 4.69) is 0 Å². The van der Waals surface area contributed by atoms with Gasteiger partial charge in [-0.2, -0.15) is 0 Å². The Bertz CT molecular complexity index is 728. The van der Waals surface area contributed by atoms with Crippen LogP contribution in [-0.2, 0) is 14.6 Å². The molecule has 1 atom stereocenters. The minimum absolute atomic E-state index is 0.0315. The van der Waals surface area contributed by atoms with Gasteiger partial charge in [0, 0.05) is 13.1 Å². The lowest BCUT2D eigenvalue weighted by molar-refractivity contribution is 0.0219. The second kappa shape index (κ2) is 6.66. The summed E-state index contributed by atoms with van der Waals surface area (Å²) >= 11 is 0. The smallest absolute Gasteiger partial charge is 0.410 e. The van der Waals surface area contributed by atoms with Crippen molar-refractivity contribution < 1.29 is 26.7 Å². The third kappa shape index (κ3) is 4.23. The number of benzene rings is 1. The van der Waals surface area contributed by atoms with Crippen molar-refractivity contribution in [3.63, 3.8) is 0 Å². The van der Waals surface area contributed by atoms with Crippen molar-refractivity contribution in [3.05, 3.63) is 29.8 Å². The summed E-state index contributed by atoms with van der Waals surface area (Å²) in [4.78, 5) is 13.2. The summed E-state index contributed by atoms with van der Waals surface area (Å²) in [6.45, 7) is 5.55. The van der Waals surface area contributed by atoms with Gasteiger partial charge in [0.25, 0.3) is 0 Å². The van der Waals surface area contributed by atoms with Crippen LogP contribution in [0.3, 0.4) is 0 Å². The molecule has 24 heavy (non-hydrogen) atoms. The second-order valence-electron chi connectivity index (χ2n) is 6.81. The van der Waals surface area contributed by atoms with Gasteiger partial charge in [0.05, 0.1) is 10.1 Å². The van der Waals surface area contributed by atoms with Crippen LogP contribution in [0.1, 0.15) is 33.6 Å².